The van der Waals surface area contributed by atoms with Gasteiger partial charge in [0.05, 0.1) is 0 Å². The summed E-state index contributed by atoms with van der Waals surface area (Å²) in [7, 11) is 0. The van der Waals surface area contributed by atoms with Crippen LogP contribution in [0.25, 0.3) is 6.08 Å². The Morgan fingerprint density at radius 2 is 1.83 bits per heavy atom. The lowest BCUT2D eigenvalue weighted by atomic mass is 10.1. The second-order valence-electron chi connectivity index (χ2n) is 6.09. The molecule has 0 aliphatic rings. The van der Waals surface area contributed by atoms with Gasteiger partial charge >= 0.3 is 0 Å². The molecule has 3 aromatic carbocycles. The Morgan fingerprint density at radius 1 is 1.10 bits per heavy atom. The second kappa shape index (κ2) is 9.54. The van der Waals surface area contributed by atoms with E-state index >= 15 is 0 Å². The first-order chi connectivity index (χ1) is 14.0. The normalized spacial score (nSPS) is 10.9. The Morgan fingerprint density at radius 3 is 2.52 bits per heavy atom. The summed E-state index contributed by atoms with van der Waals surface area (Å²) in [5.74, 6) is -0.422. The van der Waals surface area contributed by atoms with E-state index in [2.05, 4.69) is 5.32 Å². The van der Waals surface area contributed by atoms with Crippen molar-refractivity contribution in [3.63, 3.8) is 0 Å². The van der Waals surface area contributed by atoms with Crippen molar-refractivity contribution in [2.75, 3.05) is 5.32 Å². The molecule has 0 unspecified atom stereocenters. The highest BCUT2D eigenvalue weighted by Crippen LogP contribution is 2.26. The number of nitriles is 1. The highest BCUT2D eigenvalue weighted by Gasteiger charge is 2.12. The van der Waals surface area contributed by atoms with E-state index in [1.807, 2.05) is 12.1 Å². The maximum atomic E-state index is 13.0. The van der Waals surface area contributed by atoms with Crippen LogP contribution in [0.3, 0.4) is 0 Å². The number of anilines is 1. The average Bonchev–Trinajstić information content (AvgIpc) is 2.73. The summed E-state index contributed by atoms with van der Waals surface area (Å²) >= 11 is 6.08. The van der Waals surface area contributed by atoms with Gasteiger partial charge in [-0.25, -0.2) is 4.39 Å². The number of ether oxygens (including phenoxy) is 1. The first-order valence-electron chi connectivity index (χ1n) is 8.70. The van der Waals surface area contributed by atoms with Crippen molar-refractivity contribution in [3.05, 3.63) is 100 Å². The molecule has 0 aliphatic carbocycles. The first kappa shape index (κ1) is 20.1. The van der Waals surface area contributed by atoms with Crippen molar-refractivity contribution in [1.82, 2.24) is 0 Å². The van der Waals surface area contributed by atoms with E-state index in [0.717, 1.165) is 5.56 Å². The average molecular weight is 407 g/mol. The van der Waals surface area contributed by atoms with Crippen LogP contribution in [-0.2, 0) is 11.4 Å². The fourth-order valence-corrected chi connectivity index (χ4v) is 2.71. The molecule has 0 spiro atoms. The SMILES string of the molecule is N#C/C(=C\c1cc(Cl)ccc1OCc1ccc(F)cc1)C(=O)Nc1ccccc1. The summed E-state index contributed by atoms with van der Waals surface area (Å²) in [5.41, 5.74) is 1.75. The summed E-state index contributed by atoms with van der Waals surface area (Å²) in [6, 6.07) is 21.6. The van der Waals surface area contributed by atoms with Crippen LogP contribution in [0.15, 0.2) is 78.4 Å². The molecule has 0 heterocycles. The molecular formula is C23H16ClFN2O2. The number of carbonyl (C=O) groups excluding carboxylic acids is 1. The molecule has 0 bridgehead atoms. The molecule has 0 saturated carbocycles. The Bertz CT molecular complexity index is 1070. The van der Waals surface area contributed by atoms with E-state index in [4.69, 9.17) is 16.3 Å². The standard InChI is InChI=1S/C23H16ClFN2O2/c24-19-8-11-22(29-15-16-6-9-20(25)10-7-16)17(13-19)12-18(14-26)23(28)27-21-4-2-1-3-5-21/h1-13H,15H2,(H,27,28)/b18-12+. The van der Waals surface area contributed by atoms with Crippen LogP contribution in [0, 0.1) is 17.1 Å². The highest BCUT2D eigenvalue weighted by atomic mass is 35.5. The minimum absolute atomic E-state index is 0.0947. The minimum Gasteiger partial charge on any atom is -0.488 e. The van der Waals surface area contributed by atoms with Crippen molar-refractivity contribution in [3.8, 4) is 11.8 Å². The van der Waals surface area contributed by atoms with E-state index in [1.165, 1.54) is 18.2 Å². The van der Waals surface area contributed by atoms with Gasteiger partial charge in [-0.1, -0.05) is 41.9 Å². The van der Waals surface area contributed by atoms with Crippen molar-refractivity contribution in [2.45, 2.75) is 6.61 Å². The predicted molar refractivity (Wildman–Crippen MR) is 111 cm³/mol. The summed E-state index contributed by atoms with van der Waals surface area (Å²) in [6.45, 7) is 0.195. The number of benzene rings is 3. The molecule has 1 N–H and O–H groups in total. The van der Waals surface area contributed by atoms with Gasteiger partial charge in [0, 0.05) is 16.3 Å². The third-order valence-corrected chi connectivity index (χ3v) is 4.21. The van der Waals surface area contributed by atoms with Crippen LogP contribution in [-0.4, -0.2) is 5.91 Å². The zero-order valence-electron chi connectivity index (χ0n) is 15.2. The van der Waals surface area contributed by atoms with Crippen LogP contribution in [0.2, 0.25) is 5.02 Å². The molecule has 6 heteroatoms. The minimum atomic E-state index is -0.539. The summed E-state index contributed by atoms with van der Waals surface area (Å²) < 4.78 is 18.8. The van der Waals surface area contributed by atoms with Gasteiger partial charge in [-0.15, -0.1) is 0 Å². The van der Waals surface area contributed by atoms with E-state index in [0.29, 0.717) is 22.0 Å². The molecule has 144 valence electrons. The third-order valence-electron chi connectivity index (χ3n) is 3.98. The van der Waals surface area contributed by atoms with E-state index < -0.39 is 5.91 Å². The Balaban J connectivity index is 1.82. The van der Waals surface area contributed by atoms with Gasteiger partial charge in [-0.05, 0) is 54.1 Å². The quantitative estimate of drug-likeness (QED) is 0.428. The van der Waals surface area contributed by atoms with E-state index in [9.17, 15) is 14.4 Å². The van der Waals surface area contributed by atoms with Crippen molar-refractivity contribution >= 4 is 29.3 Å². The van der Waals surface area contributed by atoms with Crippen molar-refractivity contribution < 1.29 is 13.9 Å². The van der Waals surface area contributed by atoms with Crippen LogP contribution < -0.4 is 10.1 Å². The number of rotatable bonds is 6. The van der Waals surface area contributed by atoms with Crippen LogP contribution >= 0.6 is 11.6 Å². The maximum absolute atomic E-state index is 13.0. The van der Waals surface area contributed by atoms with Crippen molar-refractivity contribution in [2.24, 2.45) is 0 Å². The third kappa shape index (κ3) is 5.68. The number of nitrogens with one attached hydrogen (secondary N) is 1. The predicted octanol–water partition coefficient (Wildman–Crippen LogP) is 5.60. The number of para-hydroxylation sites is 1. The van der Waals surface area contributed by atoms with Gasteiger partial charge in [0.25, 0.3) is 5.91 Å². The number of hydrogen-bond donors (Lipinski definition) is 1. The Kier molecular flexibility index (Phi) is 6.62. The smallest absolute Gasteiger partial charge is 0.266 e. The van der Waals surface area contributed by atoms with Gasteiger partial charge in [0.15, 0.2) is 0 Å². The Hall–Kier alpha value is -3.62. The second-order valence-corrected chi connectivity index (χ2v) is 6.52. The van der Waals surface area contributed by atoms with E-state index in [1.54, 1.807) is 54.6 Å². The molecule has 0 fully saturated rings. The van der Waals surface area contributed by atoms with E-state index in [-0.39, 0.29) is 18.0 Å². The molecule has 0 aliphatic heterocycles. The van der Waals surface area contributed by atoms with Gasteiger partial charge in [0.1, 0.15) is 29.8 Å². The van der Waals surface area contributed by atoms with Gasteiger partial charge < -0.3 is 10.1 Å². The zero-order chi connectivity index (χ0) is 20.6. The zero-order valence-corrected chi connectivity index (χ0v) is 16.0. The summed E-state index contributed by atoms with van der Waals surface area (Å²) in [4.78, 5) is 12.4. The van der Waals surface area contributed by atoms with Crippen molar-refractivity contribution in [1.29, 1.82) is 5.26 Å². The fourth-order valence-electron chi connectivity index (χ4n) is 2.53. The maximum Gasteiger partial charge on any atom is 0.266 e. The molecule has 0 atom stereocenters. The van der Waals surface area contributed by atoms with Gasteiger partial charge in [-0.3, -0.25) is 4.79 Å². The molecule has 0 aromatic heterocycles. The van der Waals surface area contributed by atoms with Crippen LogP contribution in [0.4, 0.5) is 10.1 Å². The number of carbonyl (C=O) groups is 1. The molecule has 3 aromatic rings. The molecule has 0 saturated heterocycles. The number of amides is 1. The topological polar surface area (TPSA) is 62.1 Å². The summed E-state index contributed by atoms with van der Waals surface area (Å²) in [5, 5.41) is 12.5. The number of hydrogen-bond acceptors (Lipinski definition) is 3. The fraction of sp³-hybridized carbons (Fsp3) is 0.0435. The molecule has 3 rings (SSSR count). The molecular weight excluding hydrogens is 391 g/mol. The Labute approximate surface area is 172 Å². The van der Waals surface area contributed by atoms with Crippen LogP contribution in [0.5, 0.6) is 5.75 Å². The monoisotopic (exact) mass is 406 g/mol. The summed E-state index contributed by atoms with van der Waals surface area (Å²) in [6.07, 6.45) is 1.42. The molecule has 29 heavy (non-hydrogen) atoms. The lowest BCUT2D eigenvalue weighted by molar-refractivity contribution is -0.112. The first-order valence-corrected chi connectivity index (χ1v) is 9.08. The number of nitrogens with zero attached hydrogens (tertiary/aromatic N) is 1. The number of halogens is 2. The van der Waals surface area contributed by atoms with Crippen LogP contribution in [0.1, 0.15) is 11.1 Å². The highest BCUT2D eigenvalue weighted by molar-refractivity contribution is 6.30. The molecule has 0 radical (unpaired) electrons. The largest absolute Gasteiger partial charge is 0.488 e. The lowest BCUT2D eigenvalue weighted by Crippen LogP contribution is -2.13. The lowest BCUT2D eigenvalue weighted by Gasteiger charge is -2.11. The van der Waals surface area contributed by atoms with Gasteiger partial charge in [0.2, 0.25) is 0 Å². The molecule has 4 nitrogen and oxygen atoms in total. The molecule has 1 amide bonds. The van der Waals surface area contributed by atoms with Gasteiger partial charge in [-0.2, -0.15) is 5.26 Å².